The summed E-state index contributed by atoms with van der Waals surface area (Å²) >= 11 is 0. The van der Waals surface area contributed by atoms with Gasteiger partial charge >= 0.3 is 0 Å². The number of hydrogen-bond acceptors (Lipinski definition) is 3. The van der Waals surface area contributed by atoms with Crippen molar-refractivity contribution in [2.45, 2.75) is 45.6 Å². The molecule has 0 saturated heterocycles. The van der Waals surface area contributed by atoms with Gasteiger partial charge in [-0.05, 0) is 75.1 Å². The molecule has 1 atom stereocenters. The molecule has 4 heteroatoms. The van der Waals surface area contributed by atoms with Crippen LogP contribution in [-0.4, -0.2) is 25.4 Å². The summed E-state index contributed by atoms with van der Waals surface area (Å²) in [5, 5.41) is 0. The number of hydrogen-bond donors (Lipinski definition) is 0. The summed E-state index contributed by atoms with van der Waals surface area (Å²) in [5.41, 5.74) is 3.54. The summed E-state index contributed by atoms with van der Waals surface area (Å²) in [5.74, 6) is 0.931. The molecule has 0 bridgehead atoms. The lowest BCUT2D eigenvalue weighted by Gasteiger charge is -2.47. The maximum Gasteiger partial charge on any atom is 0.134 e. The van der Waals surface area contributed by atoms with Crippen molar-refractivity contribution in [3.8, 4) is 5.75 Å². The van der Waals surface area contributed by atoms with Crippen molar-refractivity contribution in [3.63, 3.8) is 0 Å². The molecule has 3 nitrogen and oxygen atoms in total. The fourth-order valence-electron chi connectivity index (χ4n) is 4.03. The van der Waals surface area contributed by atoms with Crippen LogP contribution in [0.25, 0.3) is 0 Å². The Morgan fingerprint density at radius 2 is 1.96 bits per heavy atom. The van der Waals surface area contributed by atoms with Gasteiger partial charge in [0, 0.05) is 29.5 Å². The van der Waals surface area contributed by atoms with E-state index in [0.717, 1.165) is 30.1 Å². The first kappa shape index (κ1) is 18.4. The molecule has 0 radical (unpaired) electrons. The van der Waals surface area contributed by atoms with Gasteiger partial charge in [-0.3, -0.25) is 4.99 Å². The number of ether oxygens (including phenoxy) is 1. The van der Waals surface area contributed by atoms with Gasteiger partial charge in [-0.25, -0.2) is 4.39 Å². The highest BCUT2D eigenvalue weighted by Gasteiger charge is 2.36. The highest BCUT2D eigenvalue weighted by Crippen LogP contribution is 2.43. The van der Waals surface area contributed by atoms with Crippen molar-refractivity contribution in [2.24, 2.45) is 4.99 Å². The van der Waals surface area contributed by atoms with Crippen molar-refractivity contribution in [3.05, 3.63) is 53.3 Å². The van der Waals surface area contributed by atoms with E-state index < -0.39 is 0 Å². The van der Waals surface area contributed by atoms with Crippen LogP contribution in [0.15, 0.2) is 41.4 Å². The van der Waals surface area contributed by atoms with Crippen LogP contribution in [0.4, 0.5) is 15.8 Å². The number of nitrogens with zero attached hydrogens (tertiary/aromatic N) is 2. The van der Waals surface area contributed by atoms with E-state index in [1.165, 1.54) is 5.56 Å². The third kappa shape index (κ3) is 3.46. The molecule has 0 saturated carbocycles. The van der Waals surface area contributed by atoms with Crippen molar-refractivity contribution in [1.82, 2.24) is 0 Å². The minimum absolute atomic E-state index is 0.0340. The quantitative estimate of drug-likeness (QED) is 0.658. The number of aliphatic imine (C=N–C) groups is 1. The lowest BCUT2D eigenvalue weighted by molar-refractivity contribution is 0.380. The van der Waals surface area contributed by atoms with E-state index in [4.69, 9.17) is 4.74 Å². The number of rotatable bonds is 4. The van der Waals surface area contributed by atoms with Crippen LogP contribution in [-0.2, 0) is 0 Å². The predicted molar refractivity (Wildman–Crippen MR) is 107 cm³/mol. The van der Waals surface area contributed by atoms with Crippen LogP contribution in [0.2, 0.25) is 0 Å². The van der Waals surface area contributed by atoms with Crippen molar-refractivity contribution >= 4 is 17.6 Å². The molecule has 1 aliphatic rings. The summed E-state index contributed by atoms with van der Waals surface area (Å²) < 4.78 is 19.9. The standard InChI is InChI=1S/C22H27FN2O/c1-6-25-21-12-20(23)16(11-19(21)15(2)13-22(25,3)4)14-24-17-7-9-18(26-5)10-8-17/h7-12,14-15H,6,13H2,1-5H3. The lowest BCUT2D eigenvalue weighted by atomic mass is 9.79. The number of fused-ring (bicyclic) bond motifs is 1. The second-order valence-corrected chi connectivity index (χ2v) is 7.55. The molecular formula is C22H27FN2O. The molecule has 0 N–H and O–H groups in total. The summed E-state index contributed by atoms with van der Waals surface area (Å²) in [6.07, 6.45) is 2.66. The van der Waals surface area contributed by atoms with Gasteiger partial charge in [0.1, 0.15) is 11.6 Å². The molecule has 0 aromatic heterocycles. The van der Waals surface area contributed by atoms with Crippen LogP contribution < -0.4 is 9.64 Å². The summed E-state index contributed by atoms with van der Waals surface area (Å²) in [6.45, 7) is 9.67. The minimum atomic E-state index is -0.232. The van der Waals surface area contributed by atoms with E-state index in [0.29, 0.717) is 11.5 Å². The van der Waals surface area contributed by atoms with Crippen LogP contribution in [0, 0.1) is 5.82 Å². The van der Waals surface area contributed by atoms with Gasteiger partial charge in [0.05, 0.1) is 12.8 Å². The van der Waals surface area contributed by atoms with E-state index in [-0.39, 0.29) is 11.4 Å². The normalized spacial score (nSPS) is 18.8. The first-order chi connectivity index (χ1) is 12.4. The van der Waals surface area contributed by atoms with E-state index in [1.807, 2.05) is 30.3 Å². The molecule has 0 fully saturated rings. The molecule has 26 heavy (non-hydrogen) atoms. The van der Waals surface area contributed by atoms with Crippen molar-refractivity contribution in [2.75, 3.05) is 18.6 Å². The van der Waals surface area contributed by atoms with Crippen molar-refractivity contribution < 1.29 is 9.13 Å². The summed E-state index contributed by atoms with van der Waals surface area (Å²) in [6, 6.07) is 11.0. The maximum atomic E-state index is 14.7. The fourth-order valence-corrected chi connectivity index (χ4v) is 4.03. The Balaban J connectivity index is 1.95. The van der Waals surface area contributed by atoms with Gasteiger partial charge < -0.3 is 9.64 Å². The number of anilines is 1. The molecule has 1 unspecified atom stereocenters. The zero-order chi connectivity index (χ0) is 18.9. The summed E-state index contributed by atoms with van der Waals surface area (Å²) in [7, 11) is 1.63. The number of benzene rings is 2. The topological polar surface area (TPSA) is 24.8 Å². The Labute approximate surface area is 155 Å². The Hall–Kier alpha value is -2.36. The van der Waals surface area contributed by atoms with Crippen molar-refractivity contribution in [1.29, 1.82) is 0 Å². The Kier molecular flexibility index (Phi) is 5.03. The Morgan fingerprint density at radius 3 is 2.58 bits per heavy atom. The highest BCUT2D eigenvalue weighted by atomic mass is 19.1. The first-order valence-corrected chi connectivity index (χ1v) is 9.15. The third-order valence-electron chi connectivity index (χ3n) is 5.25. The fraction of sp³-hybridized carbons (Fsp3) is 0.409. The van der Waals surface area contributed by atoms with Crippen LogP contribution in [0.3, 0.4) is 0 Å². The molecule has 138 valence electrons. The number of halogens is 1. The van der Waals surface area contributed by atoms with E-state index in [1.54, 1.807) is 19.4 Å². The smallest absolute Gasteiger partial charge is 0.134 e. The molecular weight excluding hydrogens is 327 g/mol. The zero-order valence-corrected chi connectivity index (χ0v) is 16.2. The Morgan fingerprint density at radius 1 is 1.27 bits per heavy atom. The average molecular weight is 354 g/mol. The monoisotopic (exact) mass is 354 g/mol. The maximum absolute atomic E-state index is 14.7. The first-order valence-electron chi connectivity index (χ1n) is 9.15. The number of methoxy groups -OCH3 is 1. The van der Waals surface area contributed by atoms with Gasteiger partial charge in [-0.1, -0.05) is 6.92 Å². The summed E-state index contributed by atoms with van der Waals surface area (Å²) in [4.78, 5) is 6.72. The van der Waals surface area contributed by atoms with E-state index >= 15 is 0 Å². The van der Waals surface area contributed by atoms with E-state index in [9.17, 15) is 4.39 Å². The SMILES string of the molecule is CCN1c2cc(F)c(C=Nc3ccc(OC)cc3)cc2C(C)CC1(C)C. The second kappa shape index (κ2) is 7.10. The largest absolute Gasteiger partial charge is 0.497 e. The molecule has 1 heterocycles. The molecule has 0 aliphatic carbocycles. The van der Waals surface area contributed by atoms with Gasteiger partial charge in [0.25, 0.3) is 0 Å². The molecule has 2 aromatic rings. The Bertz CT molecular complexity index is 812. The van der Waals surface area contributed by atoms with Crippen LogP contribution in [0.5, 0.6) is 5.75 Å². The predicted octanol–water partition coefficient (Wildman–Crippen LogP) is 5.70. The van der Waals surface area contributed by atoms with E-state index in [2.05, 4.69) is 37.6 Å². The average Bonchev–Trinajstić information content (AvgIpc) is 2.60. The molecule has 1 aliphatic heterocycles. The minimum Gasteiger partial charge on any atom is -0.497 e. The third-order valence-corrected chi connectivity index (χ3v) is 5.25. The second-order valence-electron chi connectivity index (χ2n) is 7.55. The molecule has 0 spiro atoms. The highest BCUT2D eigenvalue weighted by molar-refractivity contribution is 5.84. The van der Waals surface area contributed by atoms with Gasteiger partial charge in [0.15, 0.2) is 0 Å². The van der Waals surface area contributed by atoms with Gasteiger partial charge in [-0.2, -0.15) is 0 Å². The van der Waals surface area contributed by atoms with Crippen LogP contribution in [0.1, 0.15) is 51.2 Å². The molecule has 0 amide bonds. The molecule has 2 aromatic carbocycles. The van der Waals surface area contributed by atoms with Gasteiger partial charge in [-0.15, -0.1) is 0 Å². The lowest BCUT2D eigenvalue weighted by Crippen LogP contribution is -2.48. The van der Waals surface area contributed by atoms with Gasteiger partial charge in [0.2, 0.25) is 0 Å². The zero-order valence-electron chi connectivity index (χ0n) is 16.2. The van der Waals surface area contributed by atoms with Crippen LogP contribution >= 0.6 is 0 Å². The molecule has 3 rings (SSSR count).